The van der Waals surface area contributed by atoms with Crippen LogP contribution in [0.2, 0.25) is 5.15 Å². The average Bonchev–Trinajstić information content (AvgIpc) is 2.48. The van der Waals surface area contributed by atoms with Gasteiger partial charge in [-0.05, 0) is 31.0 Å². The number of carbonyl (C=O) groups is 1. The molecule has 2 rings (SSSR count). The Labute approximate surface area is 128 Å². The molecule has 2 aromatic rings. The first kappa shape index (κ1) is 15.4. The first-order valence-electron chi connectivity index (χ1n) is 6.67. The maximum absolute atomic E-state index is 13.3. The summed E-state index contributed by atoms with van der Waals surface area (Å²) in [6, 6.07) is 8.96. The van der Waals surface area contributed by atoms with Crippen LogP contribution in [-0.4, -0.2) is 22.3 Å². The second-order valence-corrected chi connectivity index (χ2v) is 5.10. The van der Waals surface area contributed by atoms with Crippen LogP contribution in [0.25, 0.3) is 0 Å². The van der Waals surface area contributed by atoms with Gasteiger partial charge in [0.15, 0.2) is 0 Å². The molecule has 0 radical (unpaired) electrons. The second kappa shape index (κ2) is 6.68. The predicted molar refractivity (Wildman–Crippen MR) is 80.8 cm³/mol. The van der Waals surface area contributed by atoms with Gasteiger partial charge >= 0.3 is 0 Å². The van der Waals surface area contributed by atoms with Crippen LogP contribution in [0.4, 0.5) is 4.39 Å². The van der Waals surface area contributed by atoms with Gasteiger partial charge in [0.2, 0.25) is 0 Å². The number of hydrogen-bond donors (Lipinski definition) is 0. The molecule has 0 bridgehead atoms. The number of benzene rings is 1. The van der Waals surface area contributed by atoms with Gasteiger partial charge in [-0.3, -0.25) is 4.79 Å². The number of aromatic nitrogens is 1. The molecule has 0 saturated carbocycles. The molecule has 5 heteroatoms. The highest BCUT2D eigenvalue weighted by molar-refractivity contribution is 6.32. The lowest BCUT2D eigenvalue weighted by atomic mass is 10.1. The van der Waals surface area contributed by atoms with E-state index < -0.39 is 5.82 Å². The minimum Gasteiger partial charge on any atom is -0.334 e. The molecule has 1 heterocycles. The summed E-state index contributed by atoms with van der Waals surface area (Å²) in [6.07, 6.45) is 0.997. The molecule has 0 N–H and O–H groups in total. The molecule has 3 nitrogen and oxygen atoms in total. The van der Waals surface area contributed by atoms with Crippen molar-refractivity contribution in [2.75, 3.05) is 6.54 Å². The molecule has 1 aromatic heterocycles. The summed E-state index contributed by atoms with van der Waals surface area (Å²) < 4.78 is 13.3. The largest absolute Gasteiger partial charge is 0.334 e. The molecule has 0 unspecified atom stereocenters. The smallest absolute Gasteiger partial charge is 0.257 e. The zero-order chi connectivity index (χ0) is 15.4. The van der Waals surface area contributed by atoms with E-state index in [-0.39, 0.29) is 16.6 Å². The number of aryl methyl sites for hydroxylation is 1. The third kappa shape index (κ3) is 3.58. The fourth-order valence-electron chi connectivity index (χ4n) is 2.06. The fourth-order valence-corrected chi connectivity index (χ4v) is 2.25. The Morgan fingerprint density at radius 2 is 2.10 bits per heavy atom. The number of nitrogens with zero attached hydrogens (tertiary/aromatic N) is 2. The third-order valence-corrected chi connectivity index (χ3v) is 3.63. The van der Waals surface area contributed by atoms with E-state index in [1.807, 2.05) is 38.1 Å². The first-order chi connectivity index (χ1) is 10.0. The Balaban J connectivity index is 2.27. The van der Waals surface area contributed by atoms with Crippen molar-refractivity contribution in [3.05, 3.63) is 64.2 Å². The standard InChI is InChI=1S/C16H16ClFN2O/c1-3-20(10-12-7-5-4-6-11(12)2)16(21)14-8-13(18)9-19-15(14)17/h4-9H,3,10H2,1-2H3. The Morgan fingerprint density at radius 3 is 2.76 bits per heavy atom. The zero-order valence-electron chi connectivity index (χ0n) is 11.9. The van der Waals surface area contributed by atoms with E-state index in [1.165, 1.54) is 0 Å². The SMILES string of the molecule is CCN(Cc1ccccc1C)C(=O)c1cc(F)cnc1Cl. The zero-order valence-corrected chi connectivity index (χ0v) is 12.7. The van der Waals surface area contributed by atoms with E-state index in [9.17, 15) is 9.18 Å². The van der Waals surface area contributed by atoms with Crippen LogP contribution in [0.5, 0.6) is 0 Å². The van der Waals surface area contributed by atoms with Crippen molar-refractivity contribution >= 4 is 17.5 Å². The van der Waals surface area contributed by atoms with Gasteiger partial charge in [-0.15, -0.1) is 0 Å². The lowest BCUT2D eigenvalue weighted by molar-refractivity contribution is 0.0751. The summed E-state index contributed by atoms with van der Waals surface area (Å²) in [6.45, 7) is 4.82. The number of halogens is 2. The van der Waals surface area contributed by atoms with Gasteiger partial charge in [0.25, 0.3) is 5.91 Å². The highest BCUT2D eigenvalue weighted by atomic mass is 35.5. The molecule has 0 aliphatic rings. The van der Waals surface area contributed by atoms with Gasteiger partial charge in [0, 0.05) is 13.1 Å². The van der Waals surface area contributed by atoms with Crippen LogP contribution in [0.1, 0.15) is 28.4 Å². The highest BCUT2D eigenvalue weighted by Gasteiger charge is 2.19. The molecular formula is C16H16ClFN2O. The number of hydrogen-bond acceptors (Lipinski definition) is 2. The van der Waals surface area contributed by atoms with Crippen molar-refractivity contribution in [1.29, 1.82) is 0 Å². The summed E-state index contributed by atoms with van der Waals surface area (Å²) in [5.41, 5.74) is 2.24. The van der Waals surface area contributed by atoms with E-state index in [1.54, 1.807) is 4.90 Å². The van der Waals surface area contributed by atoms with Gasteiger partial charge in [0.1, 0.15) is 11.0 Å². The van der Waals surface area contributed by atoms with Crippen molar-refractivity contribution in [2.45, 2.75) is 20.4 Å². The van der Waals surface area contributed by atoms with Crippen LogP contribution < -0.4 is 0 Å². The Hall–Kier alpha value is -1.94. The number of carbonyl (C=O) groups excluding carboxylic acids is 1. The van der Waals surface area contributed by atoms with Crippen molar-refractivity contribution in [3.8, 4) is 0 Å². The molecule has 21 heavy (non-hydrogen) atoms. The van der Waals surface area contributed by atoms with Gasteiger partial charge in [0.05, 0.1) is 11.8 Å². The maximum Gasteiger partial charge on any atom is 0.257 e. The van der Waals surface area contributed by atoms with Gasteiger partial charge in [-0.25, -0.2) is 9.37 Å². The number of pyridine rings is 1. The first-order valence-corrected chi connectivity index (χ1v) is 7.05. The lowest BCUT2D eigenvalue weighted by Crippen LogP contribution is -2.31. The summed E-state index contributed by atoms with van der Waals surface area (Å²) >= 11 is 5.90. The van der Waals surface area contributed by atoms with E-state index in [0.717, 1.165) is 23.4 Å². The summed E-state index contributed by atoms with van der Waals surface area (Å²) in [4.78, 5) is 17.8. The quantitative estimate of drug-likeness (QED) is 0.804. The molecule has 0 spiro atoms. The average molecular weight is 307 g/mol. The van der Waals surface area contributed by atoms with Crippen molar-refractivity contribution in [3.63, 3.8) is 0 Å². The van der Waals surface area contributed by atoms with Crippen LogP contribution in [-0.2, 0) is 6.54 Å². The Morgan fingerprint density at radius 1 is 1.38 bits per heavy atom. The van der Waals surface area contributed by atoms with Crippen LogP contribution in [0.3, 0.4) is 0 Å². The van der Waals surface area contributed by atoms with E-state index in [2.05, 4.69) is 4.98 Å². The van der Waals surface area contributed by atoms with Crippen molar-refractivity contribution < 1.29 is 9.18 Å². The molecule has 1 amide bonds. The predicted octanol–water partition coefficient (Wildman–Crippen LogP) is 3.84. The van der Waals surface area contributed by atoms with E-state index >= 15 is 0 Å². The summed E-state index contributed by atoms with van der Waals surface area (Å²) in [7, 11) is 0. The minimum absolute atomic E-state index is 0.0182. The molecule has 0 saturated heterocycles. The molecule has 0 atom stereocenters. The van der Waals surface area contributed by atoms with Gasteiger partial charge < -0.3 is 4.90 Å². The summed E-state index contributed by atoms with van der Waals surface area (Å²) in [5.74, 6) is -0.896. The van der Waals surface area contributed by atoms with Crippen LogP contribution >= 0.6 is 11.6 Å². The number of amides is 1. The van der Waals surface area contributed by atoms with E-state index in [4.69, 9.17) is 11.6 Å². The third-order valence-electron chi connectivity index (χ3n) is 3.33. The lowest BCUT2D eigenvalue weighted by Gasteiger charge is -2.22. The topological polar surface area (TPSA) is 33.2 Å². The highest BCUT2D eigenvalue weighted by Crippen LogP contribution is 2.18. The normalized spacial score (nSPS) is 10.5. The van der Waals surface area contributed by atoms with Crippen LogP contribution in [0.15, 0.2) is 36.5 Å². The molecular weight excluding hydrogens is 291 g/mol. The molecule has 110 valence electrons. The van der Waals surface area contributed by atoms with Crippen molar-refractivity contribution in [2.24, 2.45) is 0 Å². The van der Waals surface area contributed by atoms with E-state index in [0.29, 0.717) is 13.1 Å². The molecule has 0 fully saturated rings. The van der Waals surface area contributed by atoms with Crippen molar-refractivity contribution in [1.82, 2.24) is 9.88 Å². The van der Waals surface area contributed by atoms with Gasteiger partial charge in [-0.1, -0.05) is 35.9 Å². The molecule has 0 aliphatic heterocycles. The van der Waals surface area contributed by atoms with Crippen LogP contribution in [0, 0.1) is 12.7 Å². The minimum atomic E-state index is -0.574. The maximum atomic E-state index is 13.3. The Bertz CT molecular complexity index is 660. The fraction of sp³-hybridized carbons (Fsp3) is 0.250. The Kier molecular flexibility index (Phi) is 4.91. The summed E-state index contributed by atoms with van der Waals surface area (Å²) in [5, 5.41) is 0.0182. The molecule has 1 aromatic carbocycles. The van der Waals surface area contributed by atoms with Gasteiger partial charge in [-0.2, -0.15) is 0 Å². The molecule has 0 aliphatic carbocycles. The number of rotatable bonds is 4. The second-order valence-electron chi connectivity index (χ2n) is 4.74. The monoisotopic (exact) mass is 306 g/mol.